The maximum atomic E-state index is 10.4. The third-order valence-electron chi connectivity index (χ3n) is 3.92. The minimum Gasteiger partial charge on any atom is -0.461 e. The first-order valence-corrected chi connectivity index (χ1v) is 6.97. The van der Waals surface area contributed by atoms with Crippen LogP contribution in [-0.4, -0.2) is 29.6 Å². The van der Waals surface area contributed by atoms with Gasteiger partial charge in [0.15, 0.2) is 0 Å². The highest BCUT2D eigenvalue weighted by atomic mass is 16.3. The molecule has 104 valence electrons. The molecule has 0 radical (unpaired) electrons. The highest BCUT2D eigenvalue weighted by molar-refractivity contribution is 5.85. The molecule has 0 aliphatic carbocycles. The Labute approximate surface area is 114 Å². The Kier molecular flexibility index (Phi) is 4.27. The Bertz CT molecular complexity index is 555. The van der Waals surface area contributed by atoms with Gasteiger partial charge in [-0.25, -0.2) is 0 Å². The zero-order valence-corrected chi connectivity index (χ0v) is 12.2. The van der Waals surface area contributed by atoms with Crippen LogP contribution in [0.2, 0.25) is 0 Å². The van der Waals surface area contributed by atoms with Crippen LogP contribution in [-0.2, 0) is 0 Å². The van der Waals surface area contributed by atoms with Gasteiger partial charge in [-0.3, -0.25) is 0 Å². The van der Waals surface area contributed by atoms with Crippen LogP contribution in [0.4, 0.5) is 0 Å². The Hall–Kier alpha value is -1.32. The molecule has 0 spiro atoms. The summed E-state index contributed by atoms with van der Waals surface area (Å²) >= 11 is 0. The standard InChI is InChI=1S/C16H23NO2/c1-5-17(6-2)10-15(18)14-9-7-8-13-11(3)12(4)19-16(13)14/h7-9,15,18H,5-6,10H2,1-4H3/t15-/m0/s1. The second-order valence-corrected chi connectivity index (χ2v) is 5.01. The van der Waals surface area contributed by atoms with Crippen molar-refractivity contribution in [3.05, 3.63) is 35.1 Å². The van der Waals surface area contributed by atoms with Crippen molar-refractivity contribution in [3.63, 3.8) is 0 Å². The number of fused-ring (bicyclic) bond motifs is 1. The topological polar surface area (TPSA) is 36.6 Å². The number of para-hydroxylation sites is 1. The molecule has 0 saturated carbocycles. The highest BCUT2D eigenvalue weighted by Crippen LogP contribution is 2.30. The van der Waals surface area contributed by atoms with E-state index in [0.29, 0.717) is 6.54 Å². The Morgan fingerprint density at radius 2 is 1.89 bits per heavy atom. The number of aryl methyl sites for hydroxylation is 2. The molecule has 19 heavy (non-hydrogen) atoms. The van der Waals surface area contributed by atoms with E-state index in [1.54, 1.807) is 0 Å². The van der Waals surface area contributed by atoms with Gasteiger partial charge in [0.1, 0.15) is 11.3 Å². The predicted octanol–water partition coefficient (Wildman–Crippen LogP) is 3.42. The van der Waals surface area contributed by atoms with E-state index in [4.69, 9.17) is 4.42 Å². The van der Waals surface area contributed by atoms with Crippen LogP contribution < -0.4 is 0 Å². The lowest BCUT2D eigenvalue weighted by Gasteiger charge is -2.22. The minimum atomic E-state index is -0.506. The normalized spacial score (nSPS) is 13.4. The number of rotatable bonds is 5. The summed E-state index contributed by atoms with van der Waals surface area (Å²) < 4.78 is 5.82. The lowest BCUT2D eigenvalue weighted by Crippen LogP contribution is -2.28. The zero-order valence-electron chi connectivity index (χ0n) is 12.2. The van der Waals surface area contributed by atoms with Crippen molar-refractivity contribution >= 4 is 11.0 Å². The van der Waals surface area contributed by atoms with Crippen molar-refractivity contribution in [1.29, 1.82) is 0 Å². The molecular formula is C16H23NO2. The van der Waals surface area contributed by atoms with E-state index in [0.717, 1.165) is 40.9 Å². The molecule has 0 aliphatic rings. The molecule has 3 nitrogen and oxygen atoms in total. The Morgan fingerprint density at radius 1 is 1.21 bits per heavy atom. The smallest absolute Gasteiger partial charge is 0.140 e. The van der Waals surface area contributed by atoms with Crippen molar-refractivity contribution < 1.29 is 9.52 Å². The third kappa shape index (κ3) is 2.67. The van der Waals surface area contributed by atoms with E-state index < -0.39 is 6.10 Å². The number of benzene rings is 1. The van der Waals surface area contributed by atoms with E-state index >= 15 is 0 Å². The predicted molar refractivity (Wildman–Crippen MR) is 78.4 cm³/mol. The molecule has 1 N–H and O–H groups in total. The molecule has 3 heteroatoms. The SMILES string of the molecule is CCN(CC)C[C@H](O)c1cccc2c(C)c(C)oc12. The van der Waals surface area contributed by atoms with Gasteiger partial charge in [-0.05, 0) is 32.5 Å². The average Bonchev–Trinajstić information content (AvgIpc) is 2.71. The monoisotopic (exact) mass is 261 g/mol. The quantitative estimate of drug-likeness (QED) is 0.896. The number of aliphatic hydroxyl groups is 1. The number of furan rings is 1. The van der Waals surface area contributed by atoms with Gasteiger partial charge in [0.05, 0.1) is 6.10 Å². The van der Waals surface area contributed by atoms with Gasteiger partial charge in [0.2, 0.25) is 0 Å². The van der Waals surface area contributed by atoms with Gasteiger partial charge in [0, 0.05) is 17.5 Å². The van der Waals surface area contributed by atoms with Crippen molar-refractivity contribution in [1.82, 2.24) is 4.90 Å². The van der Waals surface area contributed by atoms with Crippen molar-refractivity contribution in [2.45, 2.75) is 33.8 Å². The van der Waals surface area contributed by atoms with Crippen LogP contribution in [0, 0.1) is 13.8 Å². The van der Waals surface area contributed by atoms with E-state index in [9.17, 15) is 5.11 Å². The van der Waals surface area contributed by atoms with Gasteiger partial charge >= 0.3 is 0 Å². The molecule has 0 amide bonds. The van der Waals surface area contributed by atoms with E-state index in [1.165, 1.54) is 0 Å². The van der Waals surface area contributed by atoms with Crippen LogP contribution in [0.1, 0.15) is 36.8 Å². The first-order valence-electron chi connectivity index (χ1n) is 6.97. The van der Waals surface area contributed by atoms with Gasteiger partial charge in [-0.2, -0.15) is 0 Å². The molecule has 1 aromatic heterocycles. The molecule has 0 bridgehead atoms. The van der Waals surface area contributed by atoms with Crippen LogP contribution in [0.3, 0.4) is 0 Å². The average molecular weight is 261 g/mol. The Morgan fingerprint density at radius 3 is 2.53 bits per heavy atom. The van der Waals surface area contributed by atoms with Crippen LogP contribution >= 0.6 is 0 Å². The molecular weight excluding hydrogens is 238 g/mol. The molecule has 0 unspecified atom stereocenters. The maximum Gasteiger partial charge on any atom is 0.140 e. The van der Waals surface area contributed by atoms with E-state index in [1.807, 2.05) is 19.1 Å². The summed E-state index contributed by atoms with van der Waals surface area (Å²) in [6.07, 6.45) is -0.506. The summed E-state index contributed by atoms with van der Waals surface area (Å²) in [7, 11) is 0. The first-order chi connectivity index (χ1) is 9.08. The maximum absolute atomic E-state index is 10.4. The molecule has 1 atom stereocenters. The molecule has 1 aromatic carbocycles. The molecule has 0 saturated heterocycles. The fraction of sp³-hybridized carbons (Fsp3) is 0.500. The van der Waals surface area contributed by atoms with Gasteiger partial charge in [0.25, 0.3) is 0 Å². The van der Waals surface area contributed by atoms with Gasteiger partial charge < -0.3 is 14.4 Å². The van der Waals surface area contributed by atoms with Crippen LogP contribution in [0.25, 0.3) is 11.0 Å². The zero-order chi connectivity index (χ0) is 14.0. The lowest BCUT2D eigenvalue weighted by molar-refractivity contribution is 0.119. The number of likely N-dealkylation sites (N-methyl/N-ethyl adjacent to an activating group) is 1. The summed E-state index contributed by atoms with van der Waals surface area (Å²) in [5, 5.41) is 11.6. The fourth-order valence-corrected chi connectivity index (χ4v) is 2.47. The third-order valence-corrected chi connectivity index (χ3v) is 3.92. The summed E-state index contributed by atoms with van der Waals surface area (Å²) in [5.41, 5.74) is 2.88. The number of hydrogen-bond donors (Lipinski definition) is 1. The van der Waals surface area contributed by atoms with Crippen molar-refractivity contribution in [2.75, 3.05) is 19.6 Å². The fourth-order valence-electron chi connectivity index (χ4n) is 2.47. The van der Waals surface area contributed by atoms with E-state index in [-0.39, 0.29) is 0 Å². The van der Waals surface area contributed by atoms with Gasteiger partial charge in [-0.15, -0.1) is 0 Å². The second-order valence-electron chi connectivity index (χ2n) is 5.01. The lowest BCUT2D eigenvalue weighted by atomic mass is 10.0. The molecule has 0 aliphatic heterocycles. The Balaban J connectivity index is 2.37. The highest BCUT2D eigenvalue weighted by Gasteiger charge is 2.18. The van der Waals surface area contributed by atoms with Crippen molar-refractivity contribution in [3.8, 4) is 0 Å². The summed E-state index contributed by atoms with van der Waals surface area (Å²) in [6.45, 7) is 10.8. The molecule has 1 heterocycles. The van der Waals surface area contributed by atoms with E-state index in [2.05, 4.69) is 31.7 Å². The summed E-state index contributed by atoms with van der Waals surface area (Å²) in [5.74, 6) is 0.928. The first kappa shape index (κ1) is 14.1. The number of aliphatic hydroxyl groups excluding tert-OH is 1. The number of nitrogens with zero attached hydrogens (tertiary/aromatic N) is 1. The van der Waals surface area contributed by atoms with Crippen LogP contribution in [0.15, 0.2) is 22.6 Å². The largest absolute Gasteiger partial charge is 0.461 e. The summed E-state index contributed by atoms with van der Waals surface area (Å²) in [4.78, 5) is 2.21. The molecule has 0 fully saturated rings. The van der Waals surface area contributed by atoms with Crippen molar-refractivity contribution in [2.24, 2.45) is 0 Å². The second kappa shape index (κ2) is 5.76. The molecule has 2 aromatic rings. The van der Waals surface area contributed by atoms with Gasteiger partial charge in [-0.1, -0.05) is 32.0 Å². The minimum absolute atomic E-state index is 0.506. The molecule has 2 rings (SSSR count). The number of hydrogen-bond acceptors (Lipinski definition) is 3. The summed E-state index contributed by atoms with van der Waals surface area (Å²) in [6, 6.07) is 6.00. The van der Waals surface area contributed by atoms with Crippen LogP contribution in [0.5, 0.6) is 0 Å².